The van der Waals surface area contributed by atoms with Gasteiger partial charge in [-0.1, -0.05) is 26.2 Å². The van der Waals surface area contributed by atoms with Crippen molar-refractivity contribution in [1.82, 2.24) is 4.31 Å². The van der Waals surface area contributed by atoms with Crippen LogP contribution in [0, 0.1) is 0 Å². The number of sulfonamides is 1. The molecule has 32 heavy (non-hydrogen) atoms. The van der Waals surface area contributed by atoms with Crippen molar-refractivity contribution in [3.8, 4) is 0 Å². The molecule has 0 aromatic carbocycles. The van der Waals surface area contributed by atoms with Gasteiger partial charge in [0.15, 0.2) is 6.29 Å². The van der Waals surface area contributed by atoms with Crippen molar-refractivity contribution in [1.29, 1.82) is 0 Å². The van der Waals surface area contributed by atoms with E-state index < -0.39 is 10.0 Å². The molecule has 0 aromatic heterocycles. The molecule has 2 atom stereocenters. The summed E-state index contributed by atoms with van der Waals surface area (Å²) in [5, 5.41) is 0. The van der Waals surface area contributed by atoms with Crippen LogP contribution in [0.2, 0.25) is 0 Å². The molecular formula is C23H45NO7S. The molecule has 0 spiro atoms. The van der Waals surface area contributed by atoms with Crippen molar-refractivity contribution in [3.05, 3.63) is 0 Å². The molecular weight excluding hydrogens is 434 g/mol. The van der Waals surface area contributed by atoms with Gasteiger partial charge in [0.25, 0.3) is 0 Å². The van der Waals surface area contributed by atoms with E-state index in [2.05, 4.69) is 6.92 Å². The average molecular weight is 480 g/mol. The molecule has 0 aliphatic carbocycles. The van der Waals surface area contributed by atoms with Crippen LogP contribution in [0.4, 0.5) is 0 Å². The second-order valence-corrected chi connectivity index (χ2v) is 10.4. The molecule has 1 aliphatic rings. The summed E-state index contributed by atoms with van der Waals surface area (Å²) in [7, 11) is -3.27. The van der Waals surface area contributed by atoms with E-state index in [4.69, 9.17) is 18.9 Å². The second kappa shape index (κ2) is 17.7. The molecule has 0 saturated carbocycles. The van der Waals surface area contributed by atoms with Gasteiger partial charge in [-0.2, -0.15) is 0 Å². The fourth-order valence-corrected chi connectivity index (χ4v) is 4.65. The first-order chi connectivity index (χ1) is 15.4. The number of carbonyl (C=O) groups excluding carboxylic acids is 1. The number of esters is 1. The molecule has 8 nitrogen and oxygen atoms in total. The minimum atomic E-state index is -3.27. The van der Waals surface area contributed by atoms with Gasteiger partial charge in [0, 0.05) is 26.3 Å². The molecule has 0 radical (unpaired) electrons. The lowest BCUT2D eigenvalue weighted by molar-refractivity contribution is -0.190. The summed E-state index contributed by atoms with van der Waals surface area (Å²) in [5.74, 6) is -0.375. The molecule has 9 heteroatoms. The maximum absolute atomic E-state index is 12.2. The van der Waals surface area contributed by atoms with Crippen LogP contribution in [0.15, 0.2) is 0 Å². The number of nitrogens with zero attached hydrogens (tertiary/aromatic N) is 1. The summed E-state index contributed by atoms with van der Waals surface area (Å²) in [5.41, 5.74) is 0. The number of hydrogen-bond donors (Lipinski definition) is 0. The molecule has 1 saturated heterocycles. The van der Waals surface area contributed by atoms with E-state index in [1.165, 1.54) is 12.7 Å². The Labute approximate surface area is 195 Å². The van der Waals surface area contributed by atoms with Gasteiger partial charge in [0.1, 0.15) is 6.61 Å². The Bertz CT molecular complexity index is 579. The van der Waals surface area contributed by atoms with Crippen LogP contribution in [0.3, 0.4) is 0 Å². The zero-order valence-electron chi connectivity index (χ0n) is 20.4. The third-order valence-corrected chi connectivity index (χ3v) is 6.79. The third-order valence-electron chi connectivity index (χ3n) is 5.49. The van der Waals surface area contributed by atoms with Crippen molar-refractivity contribution < 1.29 is 32.2 Å². The zero-order chi connectivity index (χ0) is 23.7. The van der Waals surface area contributed by atoms with Gasteiger partial charge < -0.3 is 18.9 Å². The minimum absolute atomic E-state index is 0.0617. The highest BCUT2D eigenvalue weighted by Crippen LogP contribution is 2.21. The zero-order valence-corrected chi connectivity index (χ0v) is 21.2. The molecule has 1 fully saturated rings. The Morgan fingerprint density at radius 2 is 1.81 bits per heavy atom. The van der Waals surface area contributed by atoms with Crippen molar-refractivity contribution in [3.63, 3.8) is 0 Å². The normalized spacial score (nSPS) is 18.1. The highest BCUT2D eigenvalue weighted by atomic mass is 32.2. The predicted octanol–water partition coefficient (Wildman–Crippen LogP) is 3.88. The number of hydrogen-bond acceptors (Lipinski definition) is 7. The average Bonchev–Trinajstić information content (AvgIpc) is 2.75. The molecule has 2 unspecified atom stereocenters. The number of ether oxygens (including phenoxy) is 4. The maximum atomic E-state index is 12.2. The number of unbranched alkanes of at least 4 members (excludes halogenated alkanes) is 3. The van der Waals surface area contributed by atoms with Crippen LogP contribution in [0.25, 0.3) is 0 Å². The Morgan fingerprint density at radius 3 is 2.47 bits per heavy atom. The molecule has 0 N–H and O–H groups in total. The number of carbonyl (C=O) groups is 1. The smallest absolute Gasteiger partial charge is 0.332 e. The molecule has 1 aliphatic heterocycles. The van der Waals surface area contributed by atoms with Gasteiger partial charge in [-0.15, -0.1) is 0 Å². The summed E-state index contributed by atoms with van der Waals surface area (Å²) >= 11 is 0. The predicted molar refractivity (Wildman–Crippen MR) is 125 cm³/mol. The molecule has 0 amide bonds. The van der Waals surface area contributed by atoms with Crippen LogP contribution in [0.1, 0.15) is 84.5 Å². The van der Waals surface area contributed by atoms with Gasteiger partial charge in [-0.3, -0.25) is 0 Å². The van der Waals surface area contributed by atoms with Crippen LogP contribution < -0.4 is 0 Å². The van der Waals surface area contributed by atoms with E-state index in [9.17, 15) is 13.2 Å². The SMILES string of the molecule is CCCCCC(CCCN(CCCCOCC(=O)OCC)S(C)(=O)=O)OC1CCCCO1. The molecule has 1 rings (SSSR count). The monoisotopic (exact) mass is 479 g/mol. The summed E-state index contributed by atoms with van der Waals surface area (Å²) in [4.78, 5) is 11.2. The van der Waals surface area contributed by atoms with Crippen molar-refractivity contribution in [2.75, 3.05) is 45.8 Å². The van der Waals surface area contributed by atoms with Crippen molar-refractivity contribution in [2.45, 2.75) is 96.9 Å². The molecule has 0 bridgehead atoms. The first-order valence-electron chi connectivity index (χ1n) is 12.3. The van der Waals surface area contributed by atoms with Crippen LogP contribution in [-0.2, 0) is 33.8 Å². The van der Waals surface area contributed by atoms with Crippen LogP contribution in [-0.4, -0.2) is 76.9 Å². The highest BCUT2D eigenvalue weighted by molar-refractivity contribution is 7.88. The highest BCUT2D eigenvalue weighted by Gasteiger charge is 2.21. The van der Waals surface area contributed by atoms with Gasteiger partial charge in [-0.05, 0) is 58.3 Å². The summed E-state index contributed by atoms with van der Waals surface area (Å²) in [6.45, 7) is 6.32. The van der Waals surface area contributed by atoms with E-state index in [-0.39, 0.29) is 25.0 Å². The summed E-state index contributed by atoms with van der Waals surface area (Å²) in [6.07, 6.45) is 11.8. The van der Waals surface area contributed by atoms with Gasteiger partial charge in [0.05, 0.1) is 19.0 Å². The van der Waals surface area contributed by atoms with Crippen LogP contribution >= 0.6 is 0 Å². The number of rotatable bonds is 19. The fraction of sp³-hybridized carbons (Fsp3) is 0.957. The quantitative estimate of drug-likeness (QED) is 0.205. The van der Waals surface area contributed by atoms with Crippen molar-refractivity contribution in [2.24, 2.45) is 0 Å². The van der Waals surface area contributed by atoms with Gasteiger partial charge in [0.2, 0.25) is 10.0 Å². The summed E-state index contributed by atoms with van der Waals surface area (Å²) < 4.78 is 48.0. The molecule has 190 valence electrons. The van der Waals surface area contributed by atoms with Gasteiger partial charge in [-0.25, -0.2) is 17.5 Å². The van der Waals surface area contributed by atoms with E-state index in [1.807, 2.05) is 0 Å². The van der Waals surface area contributed by atoms with E-state index in [0.717, 1.165) is 58.0 Å². The van der Waals surface area contributed by atoms with Gasteiger partial charge >= 0.3 is 5.97 Å². The third kappa shape index (κ3) is 14.4. The molecule has 1 heterocycles. The van der Waals surface area contributed by atoms with Crippen molar-refractivity contribution >= 4 is 16.0 Å². The first-order valence-corrected chi connectivity index (χ1v) is 14.2. The van der Waals surface area contributed by atoms with E-state index in [1.54, 1.807) is 11.2 Å². The lowest BCUT2D eigenvalue weighted by Gasteiger charge is -2.28. The van der Waals surface area contributed by atoms with E-state index >= 15 is 0 Å². The summed E-state index contributed by atoms with van der Waals surface area (Å²) in [6, 6.07) is 0. The minimum Gasteiger partial charge on any atom is -0.464 e. The standard InChI is InChI=1S/C23H45NO7S/c1-4-6-7-13-21(31-23-15-8-10-19-30-23)14-12-17-24(32(3,26)27)16-9-11-18-28-20-22(25)29-5-2/h21,23H,4-20H2,1-3H3. The fourth-order valence-electron chi connectivity index (χ4n) is 3.72. The topological polar surface area (TPSA) is 91.4 Å². The Hall–Kier alpha value is -0.740. The van der Waals surface area contributed by atoms with E-state index in [0.29, 0.717) is 39.1 Å². The Morgan fingerprint density at radius 1 is 1.06 bits per heavy atom. The largest absolute Gasteiger partial charge is 0.464 e. The lowest BCUT2D eigenvalue weighted by atomic mass is 10.1. The second-order valence-electron chi connectivity index (χ2n) is 8.42. The lowest BCUT2D eigenvalue weighted by Crippen LogP contribution is -2.33. The molecule has 0 aromatic rings. The Balaban J connectivity index is 2.37. The first kappa shape index (κ1) is 29.3. The Kier molecular flexibility index (Phi) is 16.2. The maximum Gasteiger partial charge on any atom is 0.332 e. The van der Waals surface area contributed by atoms with Crippen LogP contribution in [0.5, 0.6) is 0 Å².